The summed E-state index contributed by atoms with van der Waals surface area (Å²) in [5.74, 6) is -0.418. The SMILES string of the molecule is COC(CNC(=O)C1(N)CCCC1)c1ccc(F)cc1.Cl. The van der Waals surface area contributed by atoms with Crippen molar-refractivity contribution in [3.05, 3.63) is 35.6 Å². The van der Waals surface area contributed by atoms with Gasteiger partial charge in [0.25, 0.3) is 0 Å². The summed E-state index contributed by atoms with van der Waals surface area (Å²) in [5.41, 5.74) is 6.18. The smallest absolute Gasteiger partial charge is 0.240 e. The lowest BCUT2D eigenvalue weighted by molar-refractivity contribution is -0.126. The fourth-order valence-corrected chi connectivity index (χ4v) is 2.61. The molecule has 1 atom stereocenters. The highest BCUT2D eigenvalue weighted by atomic mass is 35.5. The molecule has 0 aromatic heterocycles. The molecular formula is C15H22ClFN2O2. The van der Waals surface area contributed by atoms with Gasteiger partial charge in [0.15, 0.2) is 0 Å². The molecule has 0 bridgehead atoms. The Kier molecular flexibility index (Phi) is 6.58. The molecule has 2 rings (SSSR count). The molecule has 0 radical (unpaired) electrons. The Balaban J connectivity index is 0.00000220. The van der Waals surface area contributed by atoms with Crippen molar-refractivity contribution in [3.8, 4) is 0 Å². The first kappa shape index (κ1) is 17.9. The van der Waals surface area contributed by atoms with Crippen molar-refractivity contribution in [2.75, 3.05) is 13.7 Å². The van der Waals surface area contributed by atoms with E-state index in [1.54, 1.807) is 19.2 Å². The van der Waals surface area contributed by atoms with Gasteiger partial charge < -0.3 is 15.8 Å². The van der Waals surface area contributed by atoms with Crippen LogP contribution in [-0.2, 0) is 9.53 Å². The van der Waals surface area contributed by atoms with Crippen molar-refractivity contribution in [2.45, 2.75) is 37.3 Å². The van der Waals surface area contributed by atoms with Crippen molar-refractivity contribution in [3.63, 3.8) is 0 Å². The topological polar surface area (TPSA) is 64.3 Å². The number of carbonyl (C=O) groups excluding carboxylic acids is 1. The maximum Gasteiger partial charge on any atom is 0.240 e. The molecule has 0 heterocycles. The summed E-state index contributed by atoms with van der Waals surface area (Å²) in [6.45, 7) is 0.333. The Morgan fingerprint density at radius 1 is 1.38 bits per heavy atom. The monoisotopic (exact) mass is 316 g/mol. The summed E-state index contributed by atoms with van der Waals surface area (Å²) in [4.78, 5) is 12.1. The number of rotatable bonds is 5. The van der Waals surface area contributed by atoms with Crippen LogP contribution in [-0.4, -0.2) is 25.1 Å². The number of amides is 1. The molecule has 1 aliphatic carbocycles. The van der Waals surface area contributed by atoms with E-state index in [0.717, 1.165) is 31.2 Å². The predicted octanol–water partition coefficient (Wildman–Crippen LogP) is 2.32. The van der Waals surface area contributed by atoms with E-state index < -0.39 is 5.54 Å². The van der Waals surface area contributed by atoms with E-state index in [1.807, 2.05) is 0 Å². The van der Waals surface area contributed by atoms with Crippen LogP contribution in [0.1, 0.15) is 37.4 Å². The van der Waals surface area contributed by atoms with Crippen molar-refractivity contribution in [2.24, 2.45) is 5.73 Å². The van der Waals surface area contributed by atoms with E-state index in [0.29, 0.717) is 6.54 Å². The fraction of sp³-hybridized carbons (Fsp3) is 0.533. The van der Waals surface area contributed by atoms with Crippen LogP contribution in [0.3, 0.4) is 0 Å². The summed E-state index contributed by atoms with van der Waals surface area (Å²) in [6.07, 6.45) is 3.15. The molecule has 1 amide bonds. The molecule has 21 heavy (non-hydrogen) atoms. The first-order valence-electron chi connectivity index (χ1n) is 6.90. The lowest BCUT2D eigenvalue weighted by atomic mass is 9.98. The molecule has 6 heteroatoms. The molecule has 0 saturated heterocycles. The molecule has 1 aliphatic rings. The quantitative estimate of drug-likeness (QED) is 0.876. The van der Waals surface area contributed by atoms with Crippen LogP contribution in [0.5, 0.6) is 0 Å². The van der Waals surface area contributed by atoms with Gasteiger partial charge in [-0.15, -0.1) is 12.4 Å². The maximum absolute atomic E-state index is 12.9. The number of hydrogen-bond donors (Lipinski definition) is 2. The number of methoxy groups -OCH3 is 1. The van der Waals surface area contributed by atoms with Gasteiger partial charge in [0, 0.05) is 13.7 Å². The van der Waals surface area contributed by atoms with Crippen molar-refractivity contribution in [1.29, 1.82) is 0 Å². The van der Waals surface area contributed by atoms with E-state index in [1.165, 1.54) is 12.1 Å². The van der Waals surface area contributed by atoms with E-state index in [2.05, 4.69) is 5.32 Å². The van der Waals surface area contributed by atoms with E-state index in [-0.39, 0.29) is 30.2 Å². The average Bonchev–Trinajstić information content (AvgIpc) is 2.89. The zero-order chi connectivity index (χ0) is 14.6. The van der Waals surface area contributed by atoms with Gasteiger partial charge in [-0.25, -0.2) is 4.39 Å². The Morgan fingerprint density at radius 2 is 1.95 bits per heavy atom. The van der Waals surface area contributed by atoms with Crippen LogP contribution in [0.25, 0.3) is 0 Å². The van der Waals surface area contributed by atoms with E-state index >= 15 is 0 Å². The normalized spacial score (nSPS) is 17.9. The molecule has 118 valence electrons. The van der Waals surface area contributed by atoms with Gasteiger partial charge in [0.05, 0.1) is 11.6 Å². The summed E-state index contributed by atoms with van der Waals surface area (Å²) in [6, 6.07) is 6.07. The van der Waals surface area contributed by atoms with Crippen LogP contribution in [0.4, 0.5) is 4.39 Å². The molecule has 1 aromatic carbocycles. The minimum Gasteiger partial charge on any atom is -0.375 e. The third-order valence-corrected chi connectivity index (χ3v) is 3.92. The van der Waals surface area contributed by atoms with Gasteiger partial charge >= 0.3 is 0 Å². The van der Waals surface area contributed by atoms with Crippen molar-refractivity contribution >= 4 is 18.3 Å². The Labute approximate surface area is 130 Å². The second kappa shape index (κ2) is 7.73. The third kappa shape index (κ3) is 4.40. The summed E-state index contributed by atoms with van der Waals surface area (Å²) in [5, 5.41) is 2.85. The highest BCUT2D eigenvalue weighted by molar-refractivity contribution is 5.86. The Hall–Kier alpha value is -1.17. The minimum absolute atomic E-state index is 0. The molecule has 1 unspecified atom stereocenters. The molecule has 1 fully saturated rings. The largest absolute Gasteiger partial charge is 0.375 e. The van der Waals surface area contributed by atoms with Gasteiger partial charge in [0.2, 0.25) is 5.91 Å². The predicted molar refractivity (Wildman–Crippen MR) is 81.8 cm³/mol. The lowest BCUT2D eigenvalue weighted by Gasteiger charge is -2.24. The highest BCUT2D eigenvalue weighted by Crippen LogP contribution is 2.27. The van der Waals surface area contributed by atoms with Crippen molar-refractivity contribution < 1.29 is 13.9 Å². The molecule has 1 aromatic rings. The Morgan fingerprint density at radius 3 is 2.48 bits per heavy atom. The number of benzene rings is 1. The standard InChI is InChI=1S/C15H21FN2O2.ClH/c1-20-13(11-4-6-12(16)7-5-11)10-18-14(19)15(17)8-2-3-9-15;/h4-7,13H,2-3,8-10,17H2,1H3,(H,18,19);1H. The first-order chi connectivity index (χ1) is 9.55. The zero-order valence-electron chi connectivity index (χ0n) is 12.1. The Bertz CT molecular complexity index is 461. The minimum atomic E-state index is -0.735. The fourth-order valence-electron chi connectivity index (χ4n) is 2.61. The molecule has 1 saturated carbocycles. The number of carbonyl (C=O) groups is 1. The van der Waals surface area contributed by atoms with Gasteiger partial charge in [0.1, 0.15) is 5.82 Å². The molecule has 4 nitrogen and oxygen atoms in total. The van der Waals surface area contributed by atoms with Gasteiger partial charge in [-0.1, -0.05) is 25.0 Å². The molecule has 0 spiro atoms. The first-order valence-corrected chi connectivity index (χ1v) is 6.90. The number of ether oxygens (including phenoxy) is 1. The number of nitrogens with one attached hydrogen (secondary N) is 1. The summed E-state index contributed by atoms with van der Waals surface area (Å²) < 4.78 is 18.2. The average molecular weight is 317 g/mol. The lowest BCUT2D eigenvalue weighted by Crippen LogP contribution is -2.52. The second-order valence-corrected chi connectivity index (χ2v) is 5.35. The molecular weight excluding hydrogens is 295 g/mol. The van der Waals surface area contributed by atoms with Gasteiger partial charge in [-0.3, -0.25) is 4.79 Å². The molecule has 3 N–H and O–H groups in total. The summed E-state index contributed by atoms with van der Waals surface area (Å²) >= 11 is 0. The van der Waals surface area contributed by atoms with Crippen LogP contribution in [0, 0.1) is 5.82 Å². The second-order valence-electron chi connectivity index (χ2n) is 5.35. The maximum atomic E-state index is 12.9. The zero-order valence-corrected chi connectivity index (χ0v) is 12.9. The molecule has 0 aliphatic heterocycles. The van der Waals surface area contributed by atoms with Crippen LogP contribution in [0.2, 0.25) is 0 Å². The van der Waals surface area contributed by atoms with Gasteiger partial charge in [-0.2, -0.15) is 0 Å². The number of halogens is 2. The third-order valence-electron chi connectivity index (χ3n) is 3.92. The van der Waals surface area contributed by atoms with Crippen LogP contribution < -0.4 is 11.1 Å². The highest BCUT2D eigenvalue weighted by Gasteiger charge is 2.37. The van der Waals surface area contributed by atoms with E-state index in [4.69, 9.17) is 10.5 Å². The number of nitrogens with two attached hydrogens (primary N) is 1. The van der Waals surface area contributed by atoms with Crippen molar-refractivity contribution in [1.82, 2.24) is 5.32 Å². The number of hydrogen-bond acceptors (Lipinski definition) is 3. The van der Waals surface area contributed by atoms with Crippen LogP contribution >= 0.6 is 12.4 Å². The van der Waals surface area contributed by atoms with Crippen LogP contribution in [0.15, 0.2) is 24.3 Å². The summed E-state index contributed by atoms with van der Waals surface area (Å²) in [7, 11) is 1.56. The van der Waals surface area contributed by atoms with Gasteiger partial charge in [-0.05, 0) is 30.5 Å². The van der Waals surface area contributed by atoms with E-state index in [9.17, 15) is 9.18 Å².